The average Bonchev–Trinajstić information content (AvgIpc) is 1.38. The smallest absolute Gasteiger partial charge is 0.548 e. The van der Waals surface area contributed by atoms with Crippen molar-refractivity contribution in [2.75, 3.05) is 6.61 Å². The molecule has 0 atom stereocenters. The van der Waals surface area contributed by atoms with E-state index in [0.717, 1.165) is 0 Å². The number of hydrogen-bond donors (Lipinski definition) is 1. The minimum Gasteiger partial charge on any atom is -0.548 e. The Bertz CT molecular complexity index is 48.2. The van der Waals surface area contributed by atoms with E-state index in [4.69, 9.17) is 15.0 Å². The molecule has 0 aromatic carbocycles. The maximum atomic E-state index is 9.01. The summed E-state index contributed by atoms with van der Waals surface area (Å²) < 4.78 is 0. The molecule has 32 valence electrons. The quantitative estimate of drug-likeness (QED) is 0.435. The number of rotatable bonds is 1. The summed E-state index contributed by atoms with van der Waals surface area (Å²) in [4.78, 5) is 9.01. The van der Waals surface area contributed by atoms with Gasteiger partial charge in [0, 0.05) is 0 Å². The van der Waals surface area contributed by atoms with Crippen LogP contribution < -0.4 is 56.5 Å². The van der Waals surface area contributed by atoms with Crippen LogP contribution in [0.1, 0.15) is 0 Å². The number of carbonyl (C=O) groups excluding carboxylic acids is 1. The van der Waals surface area contributed by atoms with Gasteiger partial charge in [-0.25, -0.2) is 0 Å². The van der Waals surface area contributed by atoms with E-state index in [-0.39, 0.29) is 77.6 Å². The van der Waals surface area contributed by atoms with Crippen molar-refractivity contribution in [3.63, 3.8) is 0 Å². The summed E-state index contributed by atoms with van der Waals surface area (Å²) in [5, 5.41) is 16.5. The topological polar surface area (TPSA) is 60.4 Å². The summed E-state index contributed by atoms with van der Waals surface area (Å²) in [6.07, 6.45) is 0. The van der Waals surface area contributed by atoms with Crippen molar-refractivity contribution in [1.29, 1.82) is 0 Å². The molecule has 0 radical (unpaired) electrons. The second-order valence-electron chi connectivity index (χ2n) is 0.530. The molecule has 0 unspecified atom stereocenters. The molecule has 1 N–H and O–H groups in total. The predicted octanol–water partition coefficient (Wildman–Crippen LogP) is -5.27. The molecule has 0 aromatic rings. The first kappa shape index (κ1) is 16.0. The number of aliphatic carboxylic acids is 1. The molecule has 0 aliphatic carbocycles. The maximum absolute atomic E-state index is 9.01. The van der Waals surface area contributed by atoms with Crippen LogP contribution in [0, 0.1) is 0 Å². The number of aliphatic hydroxyl groups is 1. The van der Waals surface area contributed by atoms with Gasteiger partial charge in [-0.1, -0.05) is 0 Å². The molecule has 0 aliphatic rings. The number of carboxylic acid groups (broad SMARTS) is 1. The van der Waals surface area contributed by atoms with Gasteiger partial charge in [-0.05, 0) is 0 Å². The Labute approximate surface area is 103 Å². The summed E-state index contributed by atoms with van der Waals surface area (Å²) in [7, 11) is 0. The molecule has 0 amide bonds. The zero-order chi connectivity index (χ0) is 4.28. The number of carbonyl (C=O) groups is 1. The first-order valence-corrected chi connectivity index (χ1v) is 1.08. The zero-order valence-electron chi connectivity index (χ0n) is 3.97. The Balaban J connectivity index is -0.0000000800. The van der Waals surface area contributed by atoms with Gasteiger partial charge in [0.15, 0.2) is 0 Å². The van der Waals surface area contributed by atoms with E-state index in [0.29, 0.717) is 0 Å². The fraction of sp³-hybridized carbons (Fsp3) is 0.500. The van der Waals surface area contributed by atoms with Crippen LogP contribution in [-0.2, 0) is 31.0 Å². The summed E-state index contributed by atoms with van der Waals surface area (Å²) in [5.41, 5.74) is 0. The fourth-order valence-corrected chi connectivity index (χ4v) is 0. The van der Waals surface area contributed by atoms with Crippen molar-refractivity contribution in [2.24, 2.45) is 0 Å². The standard InChI is InChI=1S/C2H4O3.K.Zr/c3-1-2(4)5;;/h3H,1H2,(H,4,5);;/q;+1;+2/p-1. The first-order chi connectivity index (χ1) is 2.27. The van der Waals surface area contributed by atoms with Crippen molar-refractivity contribution in [1.82, 2.24) is 0 Å². The van der Waals surface area contributed by atoms with E-state index < -0.39 is 12.6 Å². The maximum Gasteiger partial charge on any atom is 2.00 e. The van der Waals surface area contributed by atoms with E-state index in [2.05, 4.69) is 0 Å². The molecular formula is C2H3KO3Zr+2. The van der Waals surface area contributed by atoms with Crippen LogP contribution >= 0.6 is 0 Å². The normalized spacial score (nSPS) is 5.29. The minimum absolute atomic E-state index is 0. The minimum atomic E-state index is -1.44. The van der Waals surface area contributed by atoms with E-state index in [1.165, 1.54) is 0 Å². The Morgan fingerprint density at radius 2 is 1.86 bits per heavy atom. The van der Waals surface area contributed by atoms with Gasteiger partial charge >= 0.3 is 77.6 Å². The molecule has 0 fully saturated rings. The Morgan fingerprint density at radius 3 is 1.86 bits per heavy atom. The van der Waals surface area contributed by atoms with E-state index in [1.54, 1.807) is 0 Å². The van der Waals surface area contributed by atoms with Crippen molar-refractivity contribution < 1.29 is 92.6 Å². The largest absolute Gasteiger partial charge is 2.00 e. The van der Waals surface area contributed by atoms with Gasteiger partial charge in [0.05, 0.1) is 12.6 Å². The average molecular weight is 205 g/mol. The number of carboxylic acids is 1. The van der Waals surface area contributed by atoms with Gasteiger partial charge < -0.3 is 15.0 Å². The third kappa shape index (κ3) is 18.0. The van der Waals surface area contributed by atoms with Gasteiger partial charge in [-0.15, -0.1) is 0 Å². The molecule has 3 nitrogen and oxygen atoms in total. The van der Waals surface area contributed by atoms with Crippen molar-refractivity contribution in [2.45, 2.75) is 0 Å². The number of hydrogen-bond acceptors (Lipinski definition) is 3. The van der Waals surface area contributed by atoms with Gasteiger partial charge in [0.2, 0.25) is 0 Å². The first-order valence-electron chi connectivity index (χ1n) is 1.08. The fourth-order valence-electron chi connectivity index (χ4n) is 0. The van der Waals surface area contributed by atoms with Crippen molar-refractivity contribution >= 4 is 5.97 Å². The summed E-state index contributed by atoms with van der Waals surface area (Å²) in [6.45, 7) is -0.889. The van der Waals surface area contributed by atoms with Gasteiger partial charge in [-0.3, -0.25) is 0 Å². The summed E-state index contributed by atoms with van der Waals surface area (Å²) in [5.74, 6) is -1.44. The van der Waals surface area contributed by atoms with E-state index >= 15 is 0 Å². The predicted molar refractivity (Wildman–Crippen MR) is 12.1 cm³/mol. The second-order valence-corrected chi connectivity index (χ2v) is 0.530. The molecule has 0 heterocycles. The van der Waals surface area contributed by atoms with Crippen LogP contribution in [0.4, 0.5) is 0 Å². The molecule has 7 heavy (non-hydrogen) atoms. The van der Waals surface area contributed by atoms with Crippen LogP contribution in [0.5, 0.6) is 0 Å². The summed E-state index contributed by atoms with van der Waals surface area (Å²) >= 11 is 0. The van der Waals surface area contributed by atoms with E-state index in [1.807, 2.05) is 0 Å². The molecule has 0 saturated heterocycles. The summed E-state index contributed by atoms with van der Waals surface area (Å²) in [6, 6.07) is 0. The monoisotopic (exact) mass is 204 g/mol. The Kier molecular flexibility index (Phi) is 24.8. The third-order valence-corrected chi connectivity index (χ3v) is 0.129. The molecule has 0 rings (SSSR count). The van der Waals surface area contributed by atoms with Crippen LogP contribution in [0.3, 0.4) is 0 Å². The van der Waals surface area contributed by atoms with Gasteiger partial charge in [-0.2, -0.15) is 0 Å². The Hall–Kier alpha value is 1.95. The number of aliphatic hydroxyl groups excluding tert-OH is 1. The molecule has 0 spiro atoms. The van der Waals surface area contributed by atoms with Crippen LogP contribution in [0.25, 0.3) is 0 Å². The van der Waals surface area contributed by atoms with Crippen LogP contribution in [0.2, 0.25) is 0 Å². The van der Waals surface area contributed by atoms with Crippen molar-refractivity contribution in [3.8, 4) is 0 Å². The molecule has 0 bridgehead atoms. The van der Waals surface area contributed by atoms with Gasteiger partial charge in [0.25, 0.3) is 0 Å². The second kappa shape index (κ2) is 10.8. The molecule has 5 heteroatoms. The van der Waals surface area contributed by atoms with Crippen LogP contribution in [-0.4, -0.2) is 17.7 Å². The Morgan fingerprint density at radius 1 is 1.71 bits per heavy atom. The van der Waals surface area contributed by atoms with Gasteiger partial charge in [0.1, 0.15) is 0 Å². The molecule has 0 aliphatic heterocycles. The van der Waals surface area contributed by atoms with Crippen molar-refractivity contribution in [3.05, 3.63) is 0 Å². The SMILES string of the molecule is O=C([O-])CO.[K+].[Zr+2]. The third-order valence-electron chi connectivity index (χ3n) is 0.129. The van der Waals surface area contributed by atoms with E-state index in [9.17, 15) is 0 Å². The zero-order valence-corrected chi connectivity index (χ0v) is 9.55. The molecular weight excluding hydrogens is 202 g/mol. The van der Waals surface area contributed by atoms with Crippen LogP contribution in [0.15, 0.2) is 0 Å². The molecule has 0 aromatic heterocycles. The molecule has 0 saturated carbocycles.